The van der Waals surface area contributed by atoms with Gasteiger partial charge in [0.25, 0.3) is 0 Å². The van der Waals surface area contributed by atoms with Gasteiger partial charge in [-0.2, -0.15) is 0 Å². The number of nitrogens with one attached hydrogen (secondary N) is 1. The summed E-state index contributed by atoms with van der Waals surface area (Å²) in [5.41, 5.74) is 5.79. The number of nitrogens with zero attached hydrogens (tertiary/aromatic N) is 1. The standard InChI is InChI=1S/C15H22N2/c1-6-9-13-12(5)16-10-14(13)15(8-3)17-11(4)7-2/h6,8-10,16H,7H2,1-5H3/b9-6-,15-8-,17-11?. The van der Waals surface area contributed by atoms with E-state index in [2.05, 4.69) is 49.0 Å². The predicted molar refractivity (Wildman–Crippen MR) is 77.3 cm³/mol. The number of H-pyrrole nitrogens is 1. The maximum absolute atomic E-state index is 4.66. The molecule has 0 atom stereocenters. The third-order valence-electron chi connectivity index (χ3n) is 2.83. The first-order valence-electron chi connectivity index (χ1n) is 6.15. The van der Waals surface area contributed by atoms with Crippen LogP contribution in [0.5, 0.6) is 0 Å². The van der Waals surface area contributed by atoms with E-state index < -0.39 is 0 Å². The van der Waals surface area contributed by atoms with Gasteiger partial charge in [-0.25, -0.2) is 0 Å². The minimum absolute atomic E-state index is 0.986. The normalized spacial score (nSPS) is 13.7. The lowest BCUT2D eigenvalue weighted by atomic mass is 10.1. The quantitative estimate of drug-likeness (QED) is 0.733. The highest BCUT2D eigenvalue weighted by molar-refractivity contribution is 5.89. The lowest BCUT2D eigenvalue weighted by Gasteiger charge is -2.03. The third kappa shape index (κ3) is 3.19. The summed E-state index contributed by atoms with van der Waals surface area (Å²) in [7, 11) is 0. The Bertz CT molecular complexity index is 459. The average Bonchev–Trinajstić information content (AvgIpc) is 2.68. The Morgan fingerprint density at radius 1 is 1.41 bits per heavy atom. The largest absolute Gasteiger partial charge is 0.364 e. The molecule has 0 spiro atoms. The molecule has 0 bridgehead atoms. The Morgan fingerprint density at radius 3 is 2.65 bits per heavy atom. The third-order valence-corrected chi connectivity index (χ3v) is 2.83. The molecule has 17 heavy (non-hydrogen) atoms. The van der Waals surface area contributed by atoms with Crippen LogP contribution in [0, 0.1) is 6.92 Å². The highest BCUT2D eigenvalue weighted by Gasteiger charge is 2.08. The van der Waals surface area contributed by atoms with E-state index >= 15 is 0 Å². The molecule has 0 fully saturated rings. The molecule has 0 aromatic carbocycles. The van der Waals surface area contributed by atoms with Gasteiger partial charge in [-0.3, -0.25) is 4.99 Å². The van der Waals surface area contributed by atoms with Gasteiger partial charge in [-0.15, -0.1) is 0 Å². The van der Waals surface area contributed by atoms with Crippen molar-refractivity contribution in [2.24, 2.45) is 4.99 Å². The van der Waals surface area contributed by atoms with E-state index in [1.165, 1.54) is 16.8 Å². The molecule has 0 aliphatic rings. The van der Waals surface area contributed by atoms with E-state index in [0.29, 0.717) is 0 Å². The van der Waals surface area contributed by atoms with E-state index in [9.17, 15) is 0 Å². The Hall–Kier alpha value is -1.57. The van der Waals surface area contributed by atoms with Crippen molar-refractivity contribution in [2.75, 3.05) is 0 Å². The van der Waals surface area contributed by atoms with Gasteiger partial charge in [0, 0.05) is 28.7 Å². The predicted octanol–water partition coefficient (Wildman–Crippen LogP) is 4.59. The van der Waals surface area contributed by atoms with Gasteiger partial charge in [-0.1, -0.05) is 25.2 Å². The monoisotopic (exact) mass is 230 g/mol. The van der Waals surface area contributed by atoms with Crippen LogP contribution in [0.15, 0.2) is 23.3 Å². The van der Waals surface area contributed by atoms with Gasteiger partial charge >= 0.3 is 0 Å². The molecule has 1 rings (SSSR count). The molecule has 1 heterocycles. The van der Waals surface area contributed by atoms with Crippen LogP contribution in [0.1, 0.15) is 50.9 Å². The summed E-state index contributed by atoms with van der Waals surface area (Å²) in [4.78, 5) is 7.93. The van der Waals surface area contributed by atoms with Gasteiger partial charge in [-0.05, 0) is 34.1 Å². The molecule has 0 unspecified atom stereocenters. The fraction of sp³-hybridized carbons (Fsp3) is 0.400. The SMILES string of the molecule is C/C=C\c1c(/C(=C/C)N=C(C)CC)c[nH]c1C. The van der Waals surface area contributed by atoms with Crippen LogP contribution in [0.2, 0.25) is 0 Å². The number of aromatic nitrogens is 1. The molecule has 0 radical (unpaired) electrons. The topological polar surface area (TPSA) is 28.1 Å². The summed E-state index contributed by atoms with van der Waals surface area (Å²) >= 11 is 0. The number of aliphatic imine (C=N–C) groups is 1. The summed E-state index contributed by atoms with van der Waals surface area (Å²) in [5, 5.41) is 0. The summed E-state index contributed by atoms with van der Waals surface area (Å²) in [5.74, 6) is 0. The first-order valence-corrected chi connectivity index (χ1v) is 6.15. The second-order valence-electron chi connectivity index (χ2n) is 4.12. The number of aromatic amines is 1. The second-order valence-corrected chi connectivity index (χ2v) is 4.12. The van der Waals surface area contributed by atoms with Crippen molar-refractivity contribution in [3.63, 3.8) is 0 Å². The fourth-order valence-electron chi connectivity index (χ4n) is 1.70. The lowest BCUT2D eigenvalue weighted by Crippen LogP contribution is -1.90. The summed E-state index contributed by atoms with van der Waals surface area (Å²) in [6, 6.07) is 0. The molecular formula is C15H22N2. The van der Waals surface area contributed by atoms with E-state index in [0.717, 1.165) is 17.8 Å². The van der Waals surface area contributed by atoms with Gasteiger partial charge in [0.15, 0.2) is 0 Å². The minimum Gasteiger partial charge on any atom is -0.364 e. The average molecular weight is 230 g/mol. The molecule has 2 nitrogen and oxygen atoms in total. The van der Waals surface area contributed by atoms with Crippen molar-refractivity contribution < 1.29 is 0 Å². The summed E-state index contributed by atoms with van der Waals surface area (Å²) in [6.07, 6.45) is 9.27. The zero-order valence-corrected chi connectivity index (χ0v) is 11.5. The molecule has 1 aromatic rings. The van der Waals surface area contributed by atoms with Gasteiger partial charge in [0.2, 0.25) is 0 Å². The van der Waals surface area contributed by atoms with Gasteiger partial charge in [0.05, 0.1) is 5.70 Å². The Kier molecular flexibility index (Phi) is 4.95. The smallest absolute Gasteiger partial charge is 0.0679 e. The number of aryl methyl sites for hydroxylation is 1. The van der Waals surface area contributed by atoms with Crippen LogP contribution in [0.3, 0.4) is 0 Å². The Labute approximate surface area is 104 Å². The fourth-order valence-corrected chi connectivity index (χ4v) is 1.70. The molecule has 0 aliphatic heterocycles. The molecule has 0 saturated heterocycles. The maximum atomic E-state index is 4.66. The molecular weight excluding hydrogens is 208 g/mol. The van der Waals surface area contributed by atoms with E-state index in [1.54, 1.807) is 0 Å². The minimum atomic E-state index is 0.986. The van der Waals surface area contributed by atoms with E-state index in [4.69, 9.17) is 0 Å². The summed E-state index contributed by atoms with van der Waals surface area (Å²) in [6.45, 7) is 10.3. The van der Waals surface area contributed by atoms with Crippen LogP contribution in [0.25, 0.3) is 11.8 Å². The van der Waals surface area contributed by atoms with Crippen molar-refractivity contribution >= 4 is 17.5 Å². The zero-order valence-electron chi connectivity index (χ0n) is 11.5. The van der Waals surface area contributed by atoms with Crippen LogP contribution >= 0.6 is 0 Å². The first-order chi connectivity index (χ1) is 8.13. The Morgan fingerprint density at radius 2 is 2.12 bits per heavy atom. The Balaban J connectivity index is 3.23. The summed E-state index contributed by atoms with van der Waals surface area (Å²) < 4.78 is 0. The highest BCUT2D eigenvalue weighted by atomic mass is 14.8. The van der Waals surface area contributed by atoms with Crippen molar-refractivity contribution in [3.8, 4) is 0 Å². The number of hydrogen-bond donors (Lipinski definition) is 1. The van der Waals surface area contributed by atoms with Gasteiger partial charge in [0.1, 0.15) is 0 Å². The zero-order chi connectivity index (χ0) is 12.8. The van der Waals surface area contributed by atoms with Crippen molar-refractivity contribution in [1.29, 1.82) is 0 Å². The van der Waals surface area contributed by atoms with Crippen molar-refractivity contribution in [3.05, 3.63) is 35.2 Å². The molecule has 1 N–H and O–H groups in total. The number of allylic oxidation sites excluding steroid dienone is 2. The number of rotatable bonds is 4. The molecule has 1 aromatic heterocycles. The van der Waals surface area contributed by atoms with E-state index in [-0.39, 0.29) is 0 Å². The van der Waals surface area contributed by atoms with Crippen LogP contribution in [0.4, 0.5) is 0 Å². The first kappa shape index (κ1) is 13.5. The molecule has 0 saturated carbocycles. The molecule has 92 valence electrons. The highest BCUT2D eigenvalue weighted by Crippen LogP contribution is 2.24. The van der Waals surface area contributed by atoms with Crippen molar-refractivity contribution in [1.82, 2.24) is 4.98 Å². The number of hydrogen-bond acceptors (Lipinski definition) is 1. The second kappa shape index (κ2) is 6.24. The maximum Gasteiger partial charge on any atom is 0.0679 e. The van der Waals surface area contributed by atoms with Crippen LogP contribution in [-0.4, -0.2) is 10.7 Å². The van der Waals surface area contributed by atoms with E-state index in [1.807, 2.05) is 20.0 Å². The molecule has 0 amide bonds. The molecule has 2 heteroatoms. The van der Waals surface area contributed by atoms with Gasteiger partial charge < -0.3 is 4.98 Å². The molecule has 0 aliphatic carbocycles. The van der Waals surface area contributed by atoms with Crippen molar-refractivity contribution in [2.45, 2.75) is 41.0 Å². The lowest BCUT2D eigenvalue weighted by molar-refractivity contribution is 1.25. The van der Waals surface area contributed by atoms with Crippen LogP contribution < -0.4 is 0 Å². The van der Waals surface area contributed by atoms with Crippen LogP contribution in [-0.2, 0) is 0 Å².